The quantitative estimate of drug-likeness (QED) is 0.760. The zero-order valence-corrected chi connectivity index (χ0v) is 11.0. The predicted octanol–water partition coefficient (Wildman–Crippen LogP) is 2.17. The Bertz CT molecular complexity index is 375. The predicted molar refractivity (Wildman–Crippen MR) is 64.4 cm³/mol. The fourth-order valence-corrected chi connectivity index (χ4v) is 1.71. The van der Waals surface area contributed by atoms with Crippen molar-refractivity contribution >= 4 is 17.3 Å². The van der Waals surface area contributed by atoms with Crippen LogP contribution in [0.1, 0.15) is 35.8 Å². The molecule has 0 saturated carbocycles. The van der Waals surface area contributed by atoms with Gasteiger partial charge in [-0.25, -0.2) is 9.78 Å². The van der Waals surface area contributed by atoms with Crippen LogP contribution in [0.25, 0.3) is 0 Å². The first-order valence-electron chi connectivity index (χ1n) is 5.25. The van der Waals surface area contributed by atoms with E-state index in [0.717, 1.165) is 17.8 Å². The number of hydrogen-bond acceptors (Lipinski definition) is 5. The molecule has 1 N–H and O–H groups in total. The first kappa shape index (κ1) is 14.1. The lowest BCUT2D eigenvalue weighted by atomic mass is 10.1. The number of nitrogens with zero attached hydrogens (tertiary/aromatic N) is 1. The molecule has 0 unspecified atom stereocenters. The molecular weight excluding hydrogens is 242 g/mol. The highest BCUT2D eigenvalue weighted by Crippen LogP contribution is 2.14. The Balaban J connectivity index is 2.29. The molecule has 0 fully saturated rings. The number of carbonyl (C=O) groups is 1. The van der Waals surface area contributed by atoms with Gasteiger partial charge in [-0.2, -0.15) is 0 Å². The molecule has 0 aliphatic heterocycles. The van der Waals surface area contributed by atoms with Crippen LogP contribution in [0.2, 0.25) is 0 Å². The highest BCUT2D eigenvalue weighted by atomic mass is 32.1. The second-order valence-corrected chi connectivity index (χ2v) is 5.07. The average molecular weight is 259 g/mol. The van der Waals surface area contributed by atoms with Gasteiger partial charge >= 0.3 is 5.97 Å². The molecular formula is C11H17NO4S. The normalized spacial score (nSPS) is 11.7. The second kappa shape index (κ2) is 6.09. The minimum absolute atomic E-state index is 0.0980. The van der Waals surface area contributed by atoms with Crippen LogP contribution < -0.4 is 0 Å². The second-order valence-electron chi connectivity index (χ2n) is 4.22. The SMILES string of the molecule is COC(C)(C)CCOCc1csc(C(=O)O)n1. The molecule has 0 aliphatic rings. The van der Waals surface area contributed by atoms with Crippen molar-refractivity contribution < 1.29 is 19.4 Å². The van der Waals surface area contributed by atoms with E-state index in [4.69, 9.17) is 14.6 Å². The summed E-state index contributed by atoms with van der Waals surface area (Å²) in [5, 5.41) is 10.5. The number of rotatable bonds is 7. The molecule has 96 valence electrons. The summed E-state index contributed by atoms with van der Waals surface area (Å²) in [4.78, 5) is 14.5. The van der Waals surface area contributed by atoms with Gasteiger partial charge < -0.3 is 14.6 Å². The number of ether oxygens (including phenoxy) is 2. The van der Waals surface area contributed by atoms with Gasteiger partial charge in [-0.05, 0) is 20.3 Å². The Morgan fingerprint density at radius 1 is 1.59 bits per heavy atom. The molecule has 0 radical (unpaired) electrons. The molecule has 1 heterocycles. The molecule has 6 heteroatoms. The van der Waals surface area contributed by atoms with Gasteiger partial charge in [0.2, 0.25) is 5.01 Å². The number of aromatic carboxylic acids is 1. The van der Waals surface area contributed by atoms with Crippen LogP contribution in [-0.2, 0) is 16.1 Å². The minimum atomic E-state index is -0.998. The van der Waals surface area contributed by atoms with E-state index in [-0.39, 0.29) is 10.6 Å². The molecule has 5 nitrogen and oxygen atoms in total. The van der Waals surface area contributed by atoms with E-state index in [1.54, 1.807) is 12.5 Å². The van der Waals surface area contributed by atoms with Crippen LogP contribution in [0.3, 0.4) is 0 Å². The molecule has 1 aromatic heterocycles. The number of carboxylic acid groups (broad SMARTS) is 1. The topological polar surface area (TPSA) is 68.7 Å². The molecule has 17 heavy (non-hydrogen) atoms. The average Bonchev–Trinajstić information content (AvgIpc) is 2.73. The maximum Gasteiger partial charge on any atom is 0.365 e. The molecule has 0 bridgehead atoms. The number of hydrogen-bond donors (Lipinski definition) is 1. The van der Waals surface area contributed by atoms with Gasteiger partial charge in [0, 0.05) is 19.1 Å². The third-order valence-electron chi connectivity index (χ3n) is 2.39. The van der Waals surface area contributed by atoms with Crippen LogP contribution in [0.15, 0.2) is 5.38 Å². The van der Waals surface area contributed by atoms with Crippen molar-refractivity contribution in [3.8, 4) is 0 Å². The molecule has 1 rings (SSSR count). The van der Waals surface area contributed by atoms with Gasteiger partial charge in [0.15, 0.2) is 0 Å². The van der Waals surface area contributed by atoms with E-state index < -0.39 is 5.97 Å². The number of thiazole rings is 1. The van der Waals surface area contributed by atoms with Crippen LogP contribution in [-0.4, -0.2) is 35.4 Å². The zero-order chi connectivity index (χ0) is 12.9. The molecule has 1 aromatic rings. The smallest absolute Gasteiger partial charge is 0.365 e. The molecule has 0 saturated heterocycles. The van der Waals surface area contributed by atoms with Gasteiger partial charge in [0.1, 0.15) is 0 Å². The molecule has 0 aromatic carbocycles. The van der Waals surface area contributed by atoms with E-state index in [1.165, 1.54) is 0 Å². The number of aromatic nitrogens is 1. The molecule has 0 spiro atoms. The van der Waals surface area contributed by atoms with E-state index in [1.807, 2.05) is 13.8 Å². The van der Waals surface area contributed by atoms with Crippen LogP contribution in [0.5, 0.6) is 0 Å². The first-order valence-corrected chi connectivity index (χ1v) is 6.13. The van der Waals surface area contributed by atoms with Gasteiger partial charge in [-0.15, -0.1) is 11.3 Å². The van der Waals surface area contributed by atoms with Crippen molar-refractivity contribution in [3.05, 3.63) is 16.1 Å². The molecule has 0 aliphatic carbocycles. The maximum absolute atomic E-state index is 10.6. The van der Waals surface area contributed by atoms with E-state index in [9.17, 15) is 4.79 Å². The van der Waals surface area contributed by atoms with Crippen molar-refractivity contribution in [3.63, 3.8) is 0 Å². The summed E-state index contributed by atoms with van der Waals surface area (Å²) >= 11 is 1.11. The van der Waals surface area contributed by atoms with Gasteiger partial charge in [0.25, 0.3) is 0 Å². The van der Waals surface area contributed by atoms with Crippen molar-refractivity contribution in [2.24, 2.45) is 0 Å². The summed E-state index contributed by atoms with van der Waals surface area (Å²) in [6.45, 7) is 4.87. The van der Waals surface area contributed by atoms with E-state index in [0.29, 0.717) is 18.9 Å². The summed E-state index contributed by atoms with van der Waals surface area (Å²) in [6.07, 6.45) is 0.777. The van der Waals surface area contributed by atoms with E-state index >= 15 is 0 Å². The summed E-state index contributed by atoms with van der Waals surface area (Å²) < 4.78 is 10.7. The number of carboxylic acids is 1. The fourth-order valence-electron chi connectivity index (χ4n) is 1.07. The number of methoxy groups -OCH3 is 1. The Labute approximate surface area is 104 Å². The van der Waals surface area contributed by atoms with Crippen molar-refractivity contribution in [2.75, 3.05) is 13.7 Å². The van der Waals surface area contributed by atoms with Crippen LogP contribution in [0, 0.1) is 0 Å². The van der Waals surface area contributed by atoms with Gasteiger partial charge in [0.05, 0.1) is 17.9 Å². The Morgan fingerprint density at radius 3 is 2.82 bits per heavy atom. The summed E-state index contributed by atoms with van der Waals surface area (Å²) in [5.41, 5.74) is 0.455. The molecule has 0 atom stereocenters. The van der Waals surface area contributed by atoms with Crippen molar-refractivity contribution in [1.29, 1.82) is 0 Å². The monoisotopic (exact) mass is 259 g/mol. The lowest BCUT2D eigenvalue weighted by Gasteiger charge is -2.22. The Morgan fingerprint density at radius 2 is 2.29 bits per heavy atom. The third-order valence-corrected chi connectivity index (χ3v) is 3.26. The Kier molecular flexibility index (Phi) is 5.04. The third kappa shape index (κ3) is 4.80. The lowest BCUT2D eigenvalue weighted by Crippen LogP contribution is -2.24. The minimum Gasteiger partial charge on any atom is -0.476 e. The fraction of sp³-hybridized carbons (Fsp3) is 0.636. The zero-order valence-electron chi connectivity index (χ0n) is 10.2. The first-order chi connectivity index (χ1) is 7.94. The maximum atomic E-state index is 10.6. The summed E-state index contributed by atoms with van der Waals surface area (Å²) in [6, 6.07) is 0. The molecule has 0 amide bonds. The summed E-state index contributed by atoms with van der Waals surface area (Å²) in [7, 11) is 1.67. The largest absolute Gasteiger partial charge is 0.476 e. The standard InChI is InChI=1S/C11H17NO4S/c1-11(2,15-3)4-5-16-6-8-7-17-9(12-8)10(13)14/h7H,4-6H2,1-3H3,(H,13,14). The van der Waals surface area contributed by atoms with E-state index in [2.05, 4.69) is 4.98 Å². The Hall–Kier alpha value is -0.980. The van der Waals surface area contributed by atoms with Crippen molar-refractivity contribution in [2.45, 2.75) is 32.5 Å². The summed E-state index contributed by atoms with van der Waals surface area (Å²) in [5.74, 6) is -0.998. The van der Waals surface area contributed by atoms with Crippen molar-refractivity contribution in [1.82, 2.24) is 4.98 Å². The van der Waals surface area contributed by atoms with Gasteiger partial charge in [-0.3, -0.25) is 0 Å². The van der Waals surface area contributed by atoms with Crippen LogP contribution >= 0.6 is 11.3 Å². The van der Waals surface area contributed by atoms with Crippen LogP contribution in [0.4, 0.5) is 0 Å². The highest BCUT2D eigenvalue weighted by Gasteiger charge is 2.15. The lowest BCUT2D eigenvalue weighted by molar-refractivity contribution is -0.0127. The highest BCUT2D eigenvalue weighted by molar-refractivity contribution is 7.11. The van der Waals surface area contributed by atoms with Gasteiger partial charge in [-0.1, -0.05) is 0 Å².